The molecule has 0 radical (unpaired) electrons. The number of fused-ring (bicyclic) bond motifs is 2. The molecule has 2 aromatic carbocycles. The monoisotopic (exact) mass is 582 g/mol. The number of carbonyl (C=O) groups excluding carboxylic acids is 1. The maximum Gasteiger partial charge on any atom is 1.00 e. The third-order valence-electron chi connectivity index (χ3n) is 6.06. The first-order valence-electron chi connectivity index (χ1n) is 12.6. The first-order chi connectivity index (χ1) is 19.5. The molecule has 0 aliphatic rings. The number of aliphatic hydroxyl groups is 1. The van der Waals surface area contributed by atoms with Crippen LogP contribution in [0.4, 0.5) is 0 Å². The van der Waals surface area contributed by atoms with Crippen LogP contribution in [0.25, 0.3) is 22.2 Å². The van der Waals surface area contributed by atoms with E-state index in [1.165, 1.54) is 11.6 Å². The molecule has 214 valence electrons. The van der Waals surface area contributed by atoms with Crippen molar-refractivity contribution < 1.29 is 68.4 Å². The number of ether oxygens (including phenoxy) is 1. The van der Waals surface area contributed by atoms with Crippen LogP contribution >= 0.6 is 0 Å². The molecule has 0 atom stereocenters. The molecule has 5 N–H and O–H groups in total. The van der Waals surface area contributed by atoms with Crippen molar-refractivity contribution in [1.29, 1.82) is 0 Å². The van der Waals surface area contributed by atoms with Gasteiger partial charge in [-0.3, -0.25) is 0 Å². The molecule has 4 heterocycles. The minimum Gasteiger partial charge on any atom is -0.870 e. The van der Waals surface area contributed by atoms with Gasteiger partial charge in [-0.25, -0.2) is 9.59 Å². The number of aromatic amines is 2. The van der Waals surface area contributed by atoms with Gasteiger partial charge in [0.2, 0.25) is 0 Å². The van der Waals surface area contributed by atoms with Crippen LogP contribution in [0, 0.1) is 0 Å². The van der Waals surface area contributed by atoms with Gasteiger partial charge in [-0.15, -0.1) is 0 Å². The summed E-state index contributed by atoms with van der Waals surface area (Å²) in [5.74, 6) is -1.34. The summed E-state index contributed by atoms with van der Waals surface area (Å²) in [7, 11) is 1.00. The van der Waals surface area contributed by atoms with Crippen molar-refractivity contribution >= 4 is 34.1 Å². The molecule has 0 saturated heterocycles. The van der Waals surface area contributed by atoms with Gasteiger partial charge in [-0.1, -0.05) is 60.7 Å². The second-order valence-corrected chi connectivity index (χ2v) is 8.72. The number of H-pyrrole nitrogens is 2. The number of nitrogens with one attached hydrogen (secondary N) is 2. The molecule has 11 heteroatoms. The molecule has 0 aliphatic heterocycles. The summed E-state index contributed by atoms with van der Waals surface area (Å²) in [5, 5.41) is 15.9. The summed E-state index contributed by atoms with van der Waals surface area (Å²) >= 11 is 0. The topological polar surface area (TPSA) is 172 Å². The Morgan fingerprint density at radius 2 is 1.19 bits per heavy atom. The minimum absolute atomic E-state index is 0. The number of rotatable bonds is 7. The molecule has 6 aromatic rings. The number of aromatic carboxylic acids is 1. The van der Waals surface area contributed by atoms with Crippen molar-refractivity contribution in [3.05, 3.63) is 119 Å². The van der Waals surface area contributed by atoms with Gasteiger partial charge in [0.1, 0.15) is 11.4 Å². The summed E-state index contributed by atoms with van der Waals surface area (Å²) in [6, 6.07) is 23.3. The van der Waals surface area contributed by atoms with E-state index in [4.69, 9.17) is 23.8 Å². The smallest absolute Gasteiger partial charge is 0.870 e. The normalized spacial score (nSPS) is 9.98. The molecule has 0 spiro atoms. The summed E-state index contributed by atoms with van der Waals surface area (Å²) in [4.78, 5) is 28.5. The van der Waals surface area contributed by atoms with Crippen LogP contribution < -0.4 is 29.6 Å². The third-order valence-corrected chi connectivity index (χ3v) is 6.06. The Morgan fingerprint density at radius 3 is 1.62 bits per heavy atom. The SMILES string of the molecule is CCOC(=O)c1cc2occ(Cc3ccccc3)c2[nH]1.CO.O=C(O)c1cc2occ(Cc3ccccc3)c2[nH]1.[Na+].[OH-]. The molecule has 6 rings (SSSR count). The van der Waals surface area contributed by atoms with E-state index < -0.39 is 5.97 Å². The predicted molar refractivity (Wildman–Crippen MR) is 153 cm³/mol. The maximum absolute atomic E-state index is 11.7. The maximum atomic E-state index is 11.7. The Kier molecular flexibility index (Phi) is 13.3. The number of carboxylic acids is 1. The first-order valence-corrected chi connectivity index (χ1v) is 12.6. The Morgan fingerprint density at radius 1 is 0.762 bits per heavy atom. The first kappa shape index (κ1) is 34.1. The van der Waals surface area contributed by atoms with Gasteiger partial charge in [0.05, 0.1) is 30.2 Å². The molecule has 0 amide bonds. The molecular weight excluding hydrogens is 551 g/mol. The number of hydrogen-bond acceptors (Lipinski definition) is 7. The molecule has 42 heavy (non-hydrogen) atoms. The van der Waals surface area contributed by atoms with Crippen LogP contribution in [0.5, 0.6) is 0 Å². The number of furan rings is 2. The fourth-order valence-electron chi connectivity index (χ4n) is 4.25. The van der Waals surface area contributed by atoms with Gasteiger partial charge < -0.3 is 39.2 Å². The zero-order valence-electron chi connectivity index (χ0n) is 23.6. The standard InChI is InChI=1S/C16H15NO3.C14H11NO3.CH4O.Na.H2O/c1-2-19-16(18)13-9-14-15(17-13)12(10-20-14)8-11-6-4-3-5-7-11;16-14(17)11-7-12-13(15-11)10(8-18-12)6-9-4-2-1-3-5-9;1-2;;/h3-7,9-10,17H,2,8H2,1H3;1-5,7-8,15H,6H2,(H,16,17);2H,1H3;;1H2/q;;;+1;/p-1. The van der Waals surface area contributed by atoms with Crippen LogP contribution in [0.2, 0.25) is 0 Å². The van der Waals surface area contributed by atoms with Crippen LogP contribution in [-0.4, -0.2) is 51.3 Å². The van der Waals surface area contributed by atoms with E-state index in [0.717, 1.165) is 41.3 Å². The van der Waals surface area contributed by atoms with E-state index in [1.807, 2.05) is 48.5 Å². The summed E-state index contributed by atoms with van der Waals surface area (Å²) in [6.45, 7) is 2.14. The fraction of sp³-hybridized carbons (Fsp3) is 0.161. The summed E-state index contributed by atoms with van der Waals surface area (Å²) < 4.78 is 15.8. The summed E-state index contributed by atoms with van der Waals surface area (Å²) in [6.07, 6.45) is 4.87. The minimum atomic E-state index is -0.980. The Hall–Kier alpha value is -4.06. The largest absolute Gasteiger partial charge is 1.00 e. The van der Waals surface area contributed by atoms with Crippen LogP contribution in [0.15, 0.2) is 94.2 Å². The van der Waals surface area contributed by atoms with Crippen molar-refractivity contribution in [3.63, 3.8) is 0 Å². The van der Waals surface area contributed by atoms with E-state index in [-0.39, 0.29) is 46.7 Å². The summed E-state index contributed by atoms with van der Waals surface area (Å²) in [5.41, 5.74) is 7.80. The number of carbonyl (C=O) groups is 2. The Balaban J connectivity index is 0.000000266. The van der Waals surface area contributed by atoms with Gasteiger partial charge in [0, 0.05) is 43.2 Å². The number of aromatic nitrogens is 2. The van der Waals surface area contributed by atoms with Gasteiger partial charge in [0.25, 0.3) is 0 Å². The van der Waals surface area contributed by atoms with Crippen LogP contribution in [0.3, 0.4) is 0 Å². The van der Waals surface area contributed by atoms with E-state index in [1.54, 1.807) is 25.5 Å². The molecule has 4 aromatic heterocycles. The second kappa shape index (κ2) is 16.4. The van der Waals surface area contributed by atoms with Gasteiger partial charge in [0.15, 0.2) is 11.2 Å². The molecule has 0 fully saturated rings. The van der Waals surface area contributed by atoms with Crippen molar-refractivity contribution in [2.45, 2.75) is 19.8 Å². The van der Waals surface area contributed by atoms with Crippen LogP contribution in [-0.2, 0) is 17.6 Å². The van der Waals surface area contributed by atoms with E-state index in [9.17, 15) is 9.59 Å². The molecule has 10 nitrogen and oxygen atoms in total. The van der Waals surface area contributed by atoms with Crippen LogP contribution in [0.1, 0.15) is 50.2 Å². The van der Waals surface area contributed by atoms with Crippen molar-refractivity contribution in [2.24, 2.45) is 0 Å². The molecule has 0 bridgehead atoms. The average molecular weight is 583 g/mol. The van der Waals surface area contributed by atoms with Crippen molar-refractivity contribution in [3.8, 4) is 0 Å². The zero-order chi connectivity index (χ0) is 28.5. The van der Waals surface area contributed by atoms with E-state index >= 15 is 0 Å². The Bertz CT molecular complexity index is 1680. The van der Waals surface area contributed by atoms with Gasteiger partial charge in [-0.2, -0.15) is 0 Å². The molecular formula is C31H31N2NaO8. The molecule has 0 saturated carbocycles. The zero-order valence-corrected chi connectivity index (χ0v) is 25.6. The quantitative estimate of drug-likeness (QED) is 0.164. The van der Waals surface area contributed by atoms with Gasteiger partial charge in [-0.05, 0) is 18.1 Å². The molecule has 0 aliphatic carbocycles. The predicted octanol–water partition coefficient (Wildman–Crippen LogP) is 3.01. The number of esters is 1. The second-order valence-electron chi connectivity index (χ2n) is 8.72. The van der Waals surface area contributed by atoms with Gasteiger partial charge >= 0.3 is 41.5 Å². The number of aliphatic hydroxyl groups excluding tert-OH is 1. The van der Waals surface area contributed by atoms with E-state index in [2.05, 4.69) is 22.1 Å². The molecule has 0 unspecified atom stereocenters. The fourth-order valence-corrected chi connectivity index (χ4v) is 4.25. The Labute approximate surface area is 263 Å². The third kappa shape index (κ3) is 8.25. The number of benzene rings is 2. The van der Waals surface area contributed by atoms with Crippen molar-refractivity contribution in [1.82, 2.24) is 9.97 Å². The van der Waals surface area contributed by atoms with E-state index in [0.29, 0.717) is 29.9 Å². The number of hydrogen-bond donors (Lipinski definition) is 4. The number of carboxylic acid groups (broad SMARTS) is 1. The van der Waals surface area contributed by atoms with Crippen molar-refractivity contribution in [2.75, 3.05) is 13.7 Å². The average Bonchev–Trinajstić information content (AvgIpc) is 3.75.